The summed E-state index contributed by atoms with van der Waals surface area (Å²) in [7, 11) is 0. The van der Waals surface area contributed by atoms with E-state index in [1.165, 1.54) is 0 Å². The molecule has 160 valence electrons. The lowest BCUT2D eigenvalue weighted by molar-refractivity contribution is 0.119. The fraction of sp³-hybridized carbons (Fsp3) is 0.333. The minimum Gasteiger partial charge on any atom is -0.378 e. The molecule has 4 rings (SSSR count). The van der Waals surface area contributed by atoms with Crippen molar-refractivity contribution in [1.82, 2.24) is 19.1 Å². The summed E-state index contributed by atoms with van der Waals surface area (Å²) in [4.78, 5) is 34.5. The Hall–Kier alpha value is -3.32. The Morgan fingerprint density at radius 1 is 0.710 bits per heavy atom. The van der Waals surface area contributed by atoms with Crippen LogP contribution in [0.2, 0.25) is 0 Å². The van der Waals surface area contributed by atoms with Crippen molar-refractivity contribution >= 4 is 22.1 Å². The summed E-state index contributed by atoms with van der Waals surface area (Å²) in [5, 5.41) is 0. The molecule has 7 heteroatoms. The first-order valence-corrected chi connectivity index (χ1v) is 10.7. The van der Waals surface area contributed by atoms with Crippen LogP contribution in [0.25, 0.3) is 22.1 Å². The second-order valence-electron chi connectivity index (χ2n) is 7.33. The van der Waals surface area contributed by atoms with Crippen molar-refractivity contribution in [3.05, 3.63) is 80.6 Å². The van der Waals surface area contributed by atoms with Crippen LogP contribution in [-0.4, -0.2) is 32.3 Å². The second-order valence-corrected chi connectivity index (χ2v) is 7.33. The maximum Gasteiger partial charge on any atom is 0.272 e. The molecular formula is C24H26N4O3. The van der Waals surface area contributed by atoms with E-state index in [-0.39, 0.29) is 11.1 Å². The quantitative estimate of drug-likeness (QED) is 0.411. The number of aryl methyl sites for hydroxylation is 2. The molecule has 0 N–H and O–H groups in total. The third-order valence-corrected chi connectivity index (χ3v) is 5.43. The van der Waals surface area contributed by atoms with Gasteiger partial charge in [0.15, 0.2) is 0 Å². The van der Waals surface area contributed by atoms with Gasteiger partial charge < -0.3 is 13.9 Å². The molecule has 0 atom stereocenters. The molecule has 31 heavy (non-hydrogen) atoms. The van der Waals surface area contributed by atoms with E-state index in [1.54, 1.807) is 9.13 Å². The Bertz CT molecular complexity index is 1240. The highest BCUT2D eigenvalue weighted by molar-refractivity contribution is 5.75. The van der Waals surface area contributed by atoms with Gasteiger partial charge in [0.05, 0.1) is 35.3 Å². The number of rotatable bonds is 8. The monoisotopic (exact) mass is 418 g/mol. The highest BCUT2D eigenvalue weighted by Crippen LogP contribution is 2.11. The number of para-hydroxylation sites is 4. The number of benzene rings is 2. The van der Waals surface area contributed by atoms with Gasteiger partial charge in [-0.05, 0) is 37.1 Å². The maximum absolute atomic E-state index is 12.8. The molecule has 0 saturated heterocycles. The molecule has 0 aliphatic carbocycles. The van der Waals surface area contributed by atoms with Gasteiger partial charge in [0.2, 0.25) is 0 Å². The van der Waals surface area contributed by atoms with Gasteiger partial charge in [-0.25, -0.2) is 9.97 Å². The first-order valence-electron chi connectivity index (χ1n) is 10.7. The highest BCUT2D eigenvalue weighted by atomic mass is 16.5. The number of hydrogen-bond acceptors (Lipinski definition) is 5. The maximum atomic E-state index is 12.8. The van der Waals surface area contributed by atoms with E-state index in [0.717, 1.165) is 22.1 Å². The standard InChI is InChI=1S/C24H26N4O3/c1-3-17-23(29)27(21-11-7-5-9-19(21)25-17)13-15-31-16-14-28-22-12-8-6-10-20(22)26-18(4-2)24(28)30/h5-12H,3-4,13-16H2,1-2H3. The van der Waals surface area contributed by atoms with E-state index < -0.39 is 0 Å². The summed E-state index contributed by atoms with van der Waals surface area (Å²) < 4.78 is 9.29. The van der Waals surface area contributed by atoms with Crippen LogP contribution in [0.1, 0.15) is 25.2 Å². The van der Waals surface area contributed by atoms with Crippen LogP contribution in [-0.2, 0) is 30.7 Å². The number of hydrogen-bond donors (Lipinski definition) is 0. The summed E-state index contributed by atoms with van der Waals surface area (Å²) in [6.45, 7) is 5.47. The normalized spacial score (nSPS) is 11.4. The van der Waals surface area contributed by atoms with Crippen LogP contribution in [0.15, 0.2) is 58.1 Å². The molecule has 0 saturated carbocycles. The molecular weight excluding hydrogens is 392 g/mol. The van der Waals surface area contributed by atoms with Gasteiger partial charge >= 0.3 is 0 Å². The van der Waals surface area contributed by atoms with Gasteiger partial charge in [-0.3, -0.25) is 9.59 Å². The van der Waals surface area contributed by atoms with Crippen LogP contribution in [0, 0.1) is 0 Å². The van der Waals surface area contributed by atoms with Crippen LogP contribution < -0.4 is 11.1 Å². The lowest BCUT2D eigenvalue weighted by Crippen LogP contribution is -2.29. The molecule has 0 radical (unpaired) electrons. The lowest BCUT2D eigenvalue weighted by Gasteiger charge is -2.14. The predicted octanol–water partition coefficient (Wildman–Crippen LogP) is 2.95. The Balaban J connectivity index is 1.49. The largest absolute Gasteiger partial charge is 0.378 e. The molecule has 7 nitrogen and oxygen atoms in total. The van der Waals surface area contributed by atoms with Gasteiger partial charge in [-0.2, -0.15) is 0 Å². The van der Waals surface area contributed by atoms with Crippen molar-refractivity contribution in [3.8, 4) is 0 Å². The molecule has 0 unspecified atom stereocenters. The number of fused-ring (bicyclic) bond motifs is 2. The fourth-order valence-electron chi connectivity index (χ4n) is 3.81. The Morgan fingerprint density at radius 2 is 1.13 bits per heavy atom. The van der Waals surface area contributed by atoms with Gasteiger partial charge in [0, 0.05) is 13.1 Å². The first kappa shape index (κ1) is 20.9. The molecule has 2 aromatic heterocycles. The second kappa shape index (κ2) is 9.22. The molecule has 0 fully saturated rings. The van der Waals surface area contributed by atoms with E-state index in [2.05, 4.69) is 9.97 Å². The van der Waals surface area contributed by atoms with Crippen molar-refractivity contribution in [2.45, 2.75) is 39.8 Å². The van der Waals surface area contributed by atoms with Crippen molar-refractivity contribution < 1.29 is 4.74 Å². The topological polar surface area (TPSA) is 79.0 Å². The molecule has 2 aromatic carbocycles. The van der Waals surface area contributed by atoms with Crippen LogP contribution in [0.3, 0.4) is 0 Å². The Labute approximate surface area is 180 Å². The third kappa shape index (κ3) is 4.14. The zero-order valence-electron chi connectivity index (χ0n) is 17.9. The van der Waals surface area contributed by atoms with Crippen molar-refractivity contribution in [2.24, 2.45) is 0 Å². The van der Waals surface area contributed by atoms with E-state index in [0.29, 0.717) is 50.5 Å². The van der Waals surface area contributed by atoms with E-state index >= 15 is 0 Å². The molecule has 4 aromatic rings. The number of nitrogens with zero attached hydrogens (tertiary/aromatic N) is 4. The summed E-state index contributed by atoms with van der Waals surface area (Å²) in [5.74, 6) is 0. The SMILES string of the molecule is CCc1nc2ccccc2n(CCOCCn2c(=O)c(CC)nc3ccccc32)c1=O. The minimum atomic E-state index is -0.0752. The van der Waals surface area contributed by atoms with Crippen molar-refractivity contribution in [1.29, 1.82) is 0 Å². The van der Waals surface area contributed by atoms with E-state index in [9.17, 15) is 9.59 Å². The van der Waals surface area contributed by atoms with Crippen LogP contribution in [0.4, 0.5) is 0 Å². The smallest absolute Gasteiger partial charge is 0.272 e. The average Bonchev–Trinajstić information content (AvgIpc) is 2.80. The zero-order valence-corrected chi connectivity index (χ0v) is 17.9. The number of ether oxygens (including phenoxy) is 1. The van der Waals surface area contributed by atoms with Gasteiger partial charge in [-0.1, -0.05) is 38.1 Å². The molecule has 0 bridgehead atoms. The van der Waals surface area contributed by atoms with Crippen LogP contribution >= 0.6 is 0 Å². The molecule has 2 heterocycles. The van der Waals surface area contributed by atoms with Crippen molar-refractivity contribution in [3.63, 3.8) is 0 Å². The number of aromatic nitrogens is 4. The zero-order chi connectivity index (χ0) is 21.8. The molecule has 0 spiro atoms. The highest BCUT2D eigenvalue weighted by Gasteiger charge is 2.11. The molecule has 0 aliphatic heterocycles. The summed E-state index contributed by atoms with van der Waals surface area (Å²) in [6, 6.07) is 15.3. The summed E-state index contributed by atoms with van der Waals surface area (Å²) >= 11 is 0. The van der Waals surface area contributed by atoms with Gasteiger partial charge in [0.1, 0.15) is 11.4 Å². The average molecular weight is 418 g/mol. The van der Waals surface area contributed by atoms with E-state index in [1.807, 2.05) is 62.4 Å². The molecule has 0 amide bonds. The third-order valence-electron chi connectivity index (χ3n) is 5.43. The van der Waals surface area contributed by atoms with Gasteiger partial charge in [-0.15, -0.1) is 0 Å². The van der Waals surface area contributed by atoms with Crippen LogP contribution in [0.5, 0.6) is 0 Å². The summed E-state index contributed by atoms with van der Waals surface area (Å²) in [5.41, 5.74) is 4.18. The minimum absolute atomic E-state index is 0.0752. The predicted molar refractivity (Wildman–Crippen MR) is 122 cm³/mol. The summed E-state index contributed by atoms with van der Waals surface area (Å²) in [6.07, 6.45) is 1.17. The van der Waals surface area contributed by atoms with Crippen molar-refractivity contribution in [2.75, 3.05) is 13.2 Å². The first-order chi connectivity index (χ1) is 15.1. The Morgan fingerprint density at radius 3 is 1.55 bits per heavy atom. The van der Waals surface area contributed by atoms with Gasteiger partial charge in [0.25, 0.3) is 11.1 Å². The Kier molecular flexibility index (Phi) is 6.23. The lowest BCUT2D eigenvalue weighted by atomic mass is 10.2. The molecule has 0 aliphatic rings. The van der Waals surface area contributed by atoms with E-state index in [4.69, 9.17) is 4.74 Å². The fourth-order valence-corrected chi connectivity index (χ4v) is 3.81.